The van der Waals surface area contributed by atoms with Gasteiger partial charge in [-0.1, -0.05) is 30.7 Å². The molecule has 0 radical (unpaired) electrons. The second kappa shape index (κ2) is 11.7. The molecule has 8 heteroatoms. The van der Waals surface area contributed by atoms with Crippen LogP contribution in [0.3, 0.4) is 0 Å². The van der Waals surface area contributed by atoms with Crippen molar-refractivity contribution in [3.63, 3.8) is 0 Å². The van der Waals surface area contributed by atoms with Gasteiger partial charge in [-0.05, 0) is 58.2 Å². The Kier molecular flexibility index (Phi) is 10.2. The first-order valence-corrected chi connectivity index (χ1v) is 11.7. The molecule has 32 heavy (non-hydrogen) atoms. The minimum atomic E-state index is -1.24. The molecule has 0 saturated heterocycles. The van der Waals surface area contributed by atoms with Crippen molar-refractivity contribution in [2.45, 2.75) is 52.7 Å². The summed E-state index contributed by atoms with van der Waals surface area (Å²) in [7, 11) is 0.625. The van der Waals surface area contributed by atoms with Crippen LogP contribution in [0.1, 0.15) is 53.5 Å². The highest BCUT2D eigenvalue weighted by Crippen LogP contribution is 2.43. The lowest BCUT2D eigenvalue weighted by Crippen LogP contribution is -2.29. The largest absolute Gasteiger partial charge is 0.488 e. The van der Waals surface area contributed by atoms with Crippen LogP contribution in [0, 0.1) is 17.0 Å². The van der Waals surface area contributed by atoms with Gasteiger partial charge in [0.25, 0.3) is 0 Å². The minimum Gasteiger partial charge on any atom is -0.488 e. The van der Waals surface area contributed by atoms with E-state index in [1.54, 1.807) is 0 Å². The quantitative estimate of drug-likeness (QED) is 0.253. The molecule has 2 atom stereocenters. The zero-order valence-corrected chi connectivity index (χ0v) is 20.6. The molecule has 0 saturated carbocycles. The van der Waals surface area contributed by atoms with Gasteiger partial charge in [0.2, 0.25) is 0 Å². The highest BCUT2D eigenvalue weighted by molar-refractivity contribution is 8.11. The maximum atomic E-state index is 15.0. The summed E-state index contributed by atoms with van der Waals surface area (Å²) in [6, 6.07) is 2.14. The SMILES string of the molecule is C=S(OCCOc1ccc(F)c(C2=C(F)C=CC(C)(C(=O)OC)C2)c1F)C(C)(C)C.CC. The van der Waals surface area contributed by atoms with Crippen molar-refractivity contribution in [1.29, 1.82) is 0 Å². The topological polar surface area (TPSA) is 44.8 Å². The average molecular weight is 475 g/mol. The Bertz CT molecular complexity index is 903. The molecule has 1 aromatic rings. The van der Waals surface area contributed by atoms with Gasteiger partial charge in [0.15, 0.2) is 11.6 Å². The molecule has 0 spiro atoms. The molecular formula is C24H33F3O4S. The monoisotopic (exact) mass is 474 g/mol. The van der Waals surface area contributed by atoms with Gasteiger partial charge in [0.1, 0.15) is 18.3 Å². The summed E-state index contributed by atoms with van der Waals surface area (Å²) in [5.74, 6) is 0.273. The van der Waals surface area contributed by atoms with E-state index in [4.69, 9.17) is 13.7 Å². The normalized spacial score (nSPS) is 19.2. The molecular weight excluding hydrogens is 441 g/mol. The van der Waals surface area contributed by atoms with Gasteiger partial charge in [0, 0.05) is 10.3 Å². The predicted molar refractivity (Wildman–Crippen MR) is 126 cm³/mol. The van der Waals surface area contributed by atoms with Crippen molar-refractivity contribution in [2.75, 3.05) is 20.3 Å². The number of rotatable bonds is 7. The Hall–Kier alpha value is -2.06. The zero-order chi connectivity index (χ0) is 24.7. The predicted octanol–water partition coefficient (Wildman–Crippen LogP) is 6.62. The molecule has 1 aliphatic rings. The summed E-state index contributed by atoms with van der Waals surface area (Å²) >= 11 is 0. The van der Waals surface area contributed by atoms with Crippen LogP contribution in [0.4, 0.5) is 13.2 Å². The summed E-state index contributed by atoms with van der Waals surface area (Å²) < 4.78 is 59.6. The smallest absolute Gasteiger partial charge is 0.315 e. The van der Waals surface area contributed by atoms with Crippen LogP contribution in [0.15, 0.2) is 30.1 Å². The molecule has 2 rings (SSSR count). The first-order chi connectivity index (χ1) is 14.9. The van der Waals surface area contributed by atoms with Gasteiger partial charge in [-0.2, -0.15) is 0 Å². The lowest BCUT2D eigenvalue weighted by molar-refractivity contribution is -0.148. The average Bonchev–Trinajstić information content (AvgIpc) is 2.75. The molecule has 0 amide bonds. The lowest BCUT2D eigenvalue weighted by atomic mass is 9.77. The van der Waals surface area contributed by atoms with E-state index in [1.807, 2.05) is 34.6 Å². The molecule has 2 unspecified atom stereocenters. The van der Waals surface area contributed by atoms with Crippen molar-refractivity contribution in [2.24, 2.45) is 5.41 Å². The number of carbonyl (C=O) groups is 1. The van der Waals surface area contributed by atoms with E-state index in [2.05, 4.69) is 5.87 Å². The van der Waals surface area contributed by atoms with Crippen LogP contribution in [0.5, 0.6) is 5.75 Å². The van der Waals surface area contributed by atoms with Crippen molar-refractivity contribution in [3.8, 4) is 5.75 Å². The van der Waals surface area contributed by atoms with Crippen LogP contribution in [-0.4, -0.2) is 36.9 Å². The van der Waals surface area contributed by atoms with E-state index in [1.165, 1.54) is 20.1 Å². The first-order valence-electron chi connectivity index (χ1n) is 10.4. The molecule has 0 aliphatic heterocycles. The van der Waals surface area contributed by atoms with Gasteiger partial charge < -0.3 is 13.7 Å². The maximum Gasteiger partial charge on any atom is 0.315 e. The number of carbonyl (C=O) groups excluding carboxylic acids is 1. The third kappa shape index (κ3) is 6.72. The van der Waals surface area contributed by atoms with Crippen molar-refractivity contribution in [1.82, 2.24) is 0 Å². The van der Waals surface area contributed by atoms with Crippen molar-refractivity contribution >= 4 is 28.2 Å². The molecule has 1 aliphatic carbocycles. The minimum absolute atomic E-state index is 0.0123. The van der Waals surface area contributed by atoms with E-state index >= 15 is 4.39 Å². The molecule has 4 nitrogen and oxygen atoms in total. The fourth-order valence-electron chi connectivity index (χ4n) is 2.83. The molecule has 1 aromatic carbocycles. The first kappa shape index (κ1) is 28.0. The van der Waals surface area contributed by atoms with Gasteiger partial charge in [-0.3, -0.25) is 4.79 Å². The van der Waals surface area contributed by atoms with Crippen molar-refractivity contribution in [3.05, 3.63) is 47.3 Å². The fraction of sp³-hybridized carbons (Fsp3) is 0.500. The number of methoxy groups -OCH3 is 1. The Morgan fingerprint density at radius 3 is 2.38 bits per heavy atom. The summed E-state index contributed by atoms with van der Waals surface area (Å²) in [4.78, 5) is 12.1. The number of esters is 1. The third-order valence-electron chi connectivity index (χ3n) is 4.69. The molecule has 0 aromatic heterocycles. The van der Waals surface area contributed by atoms with Crippen LogP contribution < -0.4 is 4.74 Å². The highest BCUT2D eigenvalue weighted by atomic mass is 32.2. The summed E-state index contributed by atoms with van der Waals surface area (Å²) in [6.45, 7) is 11.6. The lowest BCUT2D eigenvalue weighted by Gasteiger charge is -2.28. The summed E-state index contributed by atoms with van der Waals surface area (Å²) in [5.41, 5.74) is -2.05. The van der Waals surface area contributed by atoms with E-state index in [9.17, 15) is 13.6 Å². The van der Waals surface area contributed by atoms with Crippen molar-refractivity contribution < 1.29 is 31.6 Å². The van der Waals surface area contributed by atoms with Gasteiger partial charge in [-0.25, -0.2) is 13.2 Å². The molecule has 0 heterocycles. The Morgan fingerprint density at radius 1 is 1.19 bits per heavy atom. The van der Waals surface area contributed by atoms with E-state index in [-0.39, 0.29) is 35.7 Å². The van der Waals surface area contributed by atoms with E-state index in [0.717, 1.165) is 18.2 Å². The number of ether oxygens (including phenoxy) is 2. The molecule has 0 fully saturated rings. The Morgan fingerprint density at radius 2 is 1.81 bits per heavy atom. The van der Waals surface area contributed by atoms with Gasteiger partial charge in [0.05, 0.1) is 24.7 Å². The summed E-state index contributed by atoms with van der Waals surface area (Å²) in [5, 5.41) is 0. The third-order valence-corrected chi connectivity index (χ3v) is 6.51. The van der Waals surface area contributed by atoms with Crippen LogP contribution in [-0.2, 0) is 13.7 Å². The molecule has 0 bridgehead atoms. The maximum absolute atomic E-state index is 15.0. The van der Waals surface area contributed by atoms with Crippen LogP contribution in [0.25, 0.3) is 5.57 Å². The highest BCUT2D eigenvalue weighted by Gasteiger charge is 2.38. The molecule has 0 N–H and O–H groups in total. The standard InChI is InChI=1S/C22H27F3O4S.C2H6/c1-21(2,3)30(6)29-12-11-28-17-8-7-16(24)18(19(17)25)14-13-22(4,20(26)27-5)10-9-15(14)23;1-2/h7-10H,6,11-13H2,1-5H3;1-2H3. The Balaban J connectivity index is 0.00000249. The number of allylic oxidation sites excluding steroid dienone is 3. The fourth-order valence-corrected chi connectivity index (χ4v) is 3.46. The number of benzene rings is 1. The van der Waals surface area contributed by atoms with Gasteiger partial charge >= 0.3 is 5.97 Å². The Labute approximate surface area is 191 Å². The van der Waals surface area contributed by atoms with E-state index < -0.39 is 45.2 Å². The number of halogens is 3. The number of hydrogen-bond donors (Lipinski definition) is 0. The van der Waals surface area contributed by atoms with Crippen LogP contribution >= 0.6 is 10.8 Å². The number of hydrogen-bond acceptors (Lipinski definition) is 4. The van der Waals surface area contributed by atoms with Gasteiger partial charge in [-0.15, -0.1) is 0 Å². The summed E-state index contributed by atoms with van der Waals surface area (Å²) in [6.07, 6.45) is 2.10. The zero-order valence-electron chi connectivity index (χ0n) is 19.8. The molecule has 180 valence electrons. The van der Waals surface area contributed by atoms with E-state index in [0.29, 0.717) is 0 Å². The second-order valence-electron chi connectivity index (χ2n) is 8.11. The van der Waals surface area contributed by atoms with Crippen LogP contribution in [0.2, 0.25) is 0 Å². The second-order valence-corrected chi connectivity index (χ2v) is 10.3.